The summed E-state index contributed by atoms with van der Waals surface area (Å²) in [5.41, 5.74) is 0. The molecule has 0 N–H and O–H groups in total. The SMILES string of the molecule is SC(CCSCCC(S)CC1CS1)CC1CS1. The fraction of sp³-hybridized carbons (Fsp3) is 1.00. The van der Waals surface area contributed by atoms with Crippen LogP contribution in [0.5, 0.6) is 0 Å². The average molecular weight is 327 g/mol. The molecular weight excluding hydrogens is 304 g/mol. The van der Waals surface area contributed by atoms with Crippen molar-refractivity contribution in [2.24, 2.45) is 0 Å². The predicted molar refractivity (Wildman–Crippen MR) is 93.8 cm³/mol. The Bertz CT molecular complexity index is 193. The Balaban J connectivity index is 1.37. The van der Waals surface area contributed by atoms with Gasteiger partial charge >= 0.3 is 0 Å². The van der Waals surface area contributed by atoms with Gasteiger partial charge in [-0.3, -0.25) is 0 Å². The highest BCUT2D eigenvalue weighted by Crippen LogP contribution is 2.36. The summed E-state index contributed by atoms with van der Waals surface area (Å²) in [5, 5.41) is 3.16. The molecule has 2 rings (SSSR count). The Labute approximate surface area is 129 Å². The Hall–Kier alpha value is 1.75. The van der Waals surface area contributed by atoms with Gasteiger partial charge in [-0.25, -0.2) is 0 Å². The van der Waals surface area contributed by atoms with Crippen molar-refractivity contribution in [1.29, 1.82) is 0 Å². The lowest BCUT2D eigenvalue weighted by Crippen LogP contribution is -2.06. The van der Waals surface area contributed by atoms with Crippen molar-refractivity contribution in [1.82, 2.24) is 0 Å². The molecule has 4 atom stereocenters. The monoisotopic (exact) mass is 326 g/mol. The van der Waals surface area contributed by atoms with Crippen LogP contribution in [0.3, 0.4) is 0 Å². The van der Waals surface area contributed by atoms with E-state index in [-0.39, 0.29) is 0 Å². The second-order valence-electron chi connectivity index (χ2n) is 4.88. The van der Waals surface area contributed by atoms with Crippen LogP contribution < -0.4 is 0 Å². The third-order valence-corrected chi connectivity index (χ3v) is 7.05. The van der Waals surface area contributed by atoms with Gasteiger partial charge in [0.15, 0.2) is 0 Å². The summed E-state index contributed by atoms with van der Waals surface area (Å²) in [6, 6.07) is 0. The lowest BCUT2D eigenvalue weighted by atomic mass is 10.2. The molecule has 0 aromatic carbocycles. The smallest absolute Gasteiger partial charge is 0.0149 e. The van der Waals surface area contributed by atoms with Crippen LogP contribution in [0.4, 0.5) is 0 Å². The molecule has 0 bridgehead atoms. The third-order valence-electron chi connectivity index (χ3n) is 3.07. The summed E-state index contributed by atoms with van der Waals surface area (Å²) in [6.07, 6.45) is 5.20. The van der Waals surface area contributed by atoms with Crippen molar-refractivity contribution in [3.8, 4) is 0 Å². The fourth-order valence-electron chi connectivity index (χ4n) is 1.79. The van der Waals surface area contributed by atoms with Gasteiger partial charge in [0.05, 0.1) is 0 Å². The van der Waals surface area contributed by atoms with Crippen LogP contribution in [0.25, 0.3) is 0 Å². The average Bonchev–Trinajstić information content (AvgIpc) is 3.13. The summed E-state index contributed by atoms with van der Waals surface area (Å²) in [4.78, 5) is 0. The van der Waals surface area contributed by atoms with Crippen molar-refractivity contribution in [2.45, 2.75) is 46.7 Å². The maximum Gasteiger partial charge on any atom is 0.0149 e. The zero-order valence-corrected chi connectivity index (χ0v) is 14.3. The summed E-state index contributed by atoms with van der Waals surface area (Å²) in [5.74, 6) is 5.32. The molecule has 0 amide bonds. The molecule has 5 heteroatoms. The van der Waals surface area contributed by atoms with E-state index in [2.05, 4.69) is 60.5 Å². The van der Waals surface area contributed by atoms with Crippen molar-refractivity contribution >= 4 is 60.5 Å². The van der Waals surface area contributed by atoms with Crippen molar-refractivity contribution in [3.05, 3.63) is 0 Å². The molecule has 2 fully saturated rings. The van der Waals surface area contributed by atoms with Gasteiger partial charge in [0, 0.05) is 32.5 Å². The predicted octanol–water partition coefficient (Wildman–Crippen LogP) is 4.11. The first-order chi connectivity index (χ1) is 8.24. The van der Waals surface area contributed by atoms with Gasteiger partial charge < -0.3 is 0 Å². The molecule has 2 aliphatic heterocycles. The number of thiol groups is 2. The van der Waals surface area contributed by atoms with E-state index >= 15 is 0 Å². The lowest BCUT2D eigenvalue weighted by Gasteiger charge is -2.11. The summed E-state index contributed by atoms with van der Waals surface area (Å²) < 4.78 is 0. The number of hydrogen-bond donors (Lipinski definition) is 2. The van der Waals surface area contributed by atoms with Crippen molar-refractivity contribution in [3.63, 3.8) is 0 Å². The molecule has 0 radical (unpaired) electrons. The first-order valence-electron chi connectivity index (χ1n) is 6.41. The highest BCUT2D eigenvalue weighted by atomic mass is 32.2. The van der Waals surface area contributed by atoms with E-state index in [4.69, 9.17) is 0 Å². The van der Waals surface area contributed by atoms with Crippen molar-refractivity contribution in [2.75, 3.05) is 23.0 Å². The molecule has 0 aromatic rings. The van der Waals surface area contributed by atoms with Crippen LogP contribution in [0.1, 0.15) is 25.7 Å². The van der Waals surface area contributed by atoms with Gasteiger partial charge in [0.25, 0.3) is 0 Å². The Morgan fingerprint density at radius 1 is 0.941 bits per heavy atom. The van der Waals surface area contributed by atoms with E-state index in [0.717, 1.165) is 10.5 Å². The number of rotatable bonds is 10. The zero-order valence-electron chi connectivity index (χ0n) is 10.1. The molecule has 2 aliphatic rings. The van der Waals surface area contributed by atoms with E-state index in [1.807, 2.05) is 0 Å². The molecule has 0 spiro atoms. The second kappa shape index (κ2) is 8.13. The molecular formula is C12H22S5. The van der Waals surface area contributed by atoms with Crippen molar-refractivity contribution < 1.29 is 0 Å². The minimum Gasteiger partial charge on any atom is -0.176 e. The second-order valence-corrected chi connectivity index (χ2v) is 10.2. The molecule has 0 aliphatic carbocycles. The van der Waals surface area contributed by atoms with Crippen LogP contribution in [-0.4, -0.2) is 44.0 Å². The van der Waals surface area contributed by atoms with Crippen LogP contribution >= 0.6 is 60.5 Å². The summed E-state index contributed by atoms with van der Waals surface area (Å²) >= 11 is 15.6. The fourth-order valence-corrected chi connectivity index (χ4v) is 5.58. The molecule has 2 saturated heterocycles. The van der Waals surface area contributed by atoms with Crippen LogP contribution in [0, 0.1) is 0 Å². The Kier molecular flexibility index (Phi) is 7.24. The molecule has 2 heterocycles. The first-order valence-corrected chi connectivity index (χ1v) is 10.7. The molecule has 4 unspecified atom stereocenters. The molecule has 100 valence electrons. The van der Waals surface area contributed by atoms with Crippen LogP contribution in [-0.2, 0) is 0 Å². The topological polar surface area (TPSA) is 0 Å². The van der Waals surface area contributed by atoms with Gasteiger partial charge in [0.2, 0.25) is 0 Å². The largest absolute Gasteiger partial charge is 0.176 e. The molecule has 0 aromatic heterocycles. The normalized spacial score (nSPS) is 30.0. The highest BCUT2D eigenvalue weighted by molar-refractivity contribution is 8.07. The Morgan fingerprint density at radius 2 is 1.35 bits per heavy atom. The summed E-state index contributed by atoms with van der Waals surface area (Å²) in [6.45, 7) is 0. The molecule has 0 saturated carbocycles. The first kappa shape index (κ1) is 15.1. The van der Waals surface area contributed by atoms with E-state index in [9.17, 15) is 0 Å². The van der Waals surface area contributed by atoms with Gasteiger partial charge in [-0.1, -0.05) is 0 Å². The maximum absolute atomic E-state index is 4.66. The van der Waals surface area contributed by atoms with Crippen LogP contribution in [0.2, 0.25) is 0 Å². The van der Waals surface area contributed by atoms with E-state index in [0.29, 0.717) is 10.5 Å². The minimum atomic E-state index is 0.636. The lowest BCUT2D eigenvalue weighted by molar-refractivity contribution is 0.761. The zero-order chi connectivity index (χ0) is 12.1. The number of thioether (sulfide) groups is 3. The van der Waals surface area contributed by atoms with Crippen LogP contribution in [0.15, 0.2) is 0 Å². The van der Waals surface area contributed by atoms with Gasteiger partial charge in [-0.2, -0.15) is 60.5 Å². The van der Waals surface area contributed by atoms with Gasteiger partial charge in [-0.15, -0.1) is 0 Å². The quantitative estimate of drug-likeness (QED) is 0.352. The van der Waals surface area contributed by atoms with E-state index in [1.54, 1.807) is 0 Å². The van der Waals surface area contributed by atoms with Gasteiger partial charge in [0.1, 0.15) is 0 Å². The minimum absolute atomic E-state index is 0.636. The van der Waals surface area contributed by atoms with E-state index < -0.39 is 0 Å². The maximum atomic E-state index is 4.66. The van der Waals surface area contributed by atoms with Gasteiger partial charge in [-0.05, 0) is 37.2 Å². The van der Waals surface area contributed by atoms with E-state index in [1.165, 1.54) is 48.7 Å². The number of hydrogen-bond acceptors (Lipinski definition) is 5. The highest BCUT2D eigenvalue weighted by Gasteiger charge is 2.25. The molecule has 17 heavy (non-hydrogen) atoms. The third kappa shape index (κ3) is 7.81. The standard InChI is InChI=1S/C12H22S5/c13-9(5-11-7-16-11)1-3-15-4-2-10(14)6-12-8-17-12/h9-14H,1-8H2. The molecule has 0 nitrogen and oxygen atoms in total. The Morgan fingerprint density at radius 3 is 1.71 bits per heavy atom. The summed E-state index contributed by atoms with van der Waals surface area (Å²) in [7, 11) is 0.